The Labute approximate surface area is 135 Å². The van der Waals surface area contributed by atoms with Gasteiger partial charge in [0, 0.05) is 32.7 Å². The van der Waals surface area contributed by atoms with Crippen LogP contribution in [0, 0.1) is 6.92 Å². The predicted molar refractivity (Wildman–Crippen MR) is 84.7 cm³/mol. The Kier molecular flexibility index (Phi) is 4.11. The molecular weight excluding hydrogens is 296 g/mol. The zero-order chi connectivity index (χ0) is 15.6. The third-order valence-electron chi connectivity index (χ3n) is 4.38. The molecule has 0 amide bonds. The molecule has 0 spiro atoms. The van der Waals surface area contributed by atoms with E-state index in [4.69, 9.17) is 9.47 Å². The zero-order valence-corrected chi connectivity index (χ0v) is 13.4. The van der Waals surface area contributed by atoms with E-state index in [9.17, 15) is 0 Å². The van der Waals surface area contributed by atoms with Crippen LogP contribution in [0.2, 0.25) is 0 Å². The van der Waals surface area contributed by atoms with Crippen molar-refractivity contribution in [3.8, 4) is 0 Å². The highest BCUT2D eigenvalue weighted by Gasteiger charge is 2.23. The molecule has 0 aromatic carbocycles. The molecule has 0 N–H and O–H groups in total. The Hall–Kier alpha value is -1.77. The molecule has 2 aliphatic heterocycles. The first-order valence-electron chi connectivity index (χ1n) is 8.13. The Balaban J connectivity index is 1.40. The second kappa shape index (κ2) is 6.38. The molecule has 0 unspecified atom stereocenters. The smallest absolute Gasteiger partial charge is 0.176 e. The lowest BCUT2D eigenvalue weighted by Gasteiger charge is -2.37. The first kappa shape index (κ1) is 14.8. The van der Waals surface area contributed by atoms with Crippen molar-refractivity contribution in [1.29, 1.82) is 0 Å². The number of aromatic nitrogens is 4. The molecule has 0 saturated carbocycles. The molecule has 2 aliphatic rings. The van der Waals surface area contributed by atoms with E-state index in [-0.39, 0.29) is 6.10 Å². The maximum Gasteiger partial charge on any atom is 0.176 e. The third-order valence-corrected chi connectivity index (χ3v) is 4.38. The number of nitrogens with zero attached hydrogens (tertiary/aromatic N) is 6. The summed E-state index contributed by atoms with van der Waals surface area (Å²) in [4.78, 5) is 13.4. The number of rotatable bonds is 3. The van der Waals surface area contributed by atoms with Crippen molar-refractivity contribution in [2.45, 2.75) is 13.0 Å². The summed E-state index contributed by atoms with van der Waals surface area (Å²) in [5, 5.41) is 4.47. The van der Waals surface area contributed by atoms with Crippen LogP contribution in [-0.2, 0) is 9.47 Å². The summed E-state index contributed by atoms with van der Waals surface area (Å²) in [6.45, 7) is 8.90. The Morgan fingerprint density at radius 1 is 1.17 bits per heavy atom. The molecule has 0 aliphatic carbocycles. The van der Waals surface area contributed by atoms with Gasteiger partial charge >= 0.3 is 0 Å². The van der Waals surface area contributed by atoms with Gasteiger partial charge in [0.1, 0.15) is 5.82 Å². The molecule has 8 nitrogen and oxygen atoms in total. The lowest BCUT2D eigenvalue weighted by Crippen LogP contribution is -2.50. The van der Waals surface area contributed by atoms with Crippen LogP contribution in [0.1, 0.15) is 5.82 Å². The van der Waals surface area contributed by atoms with E-state index in [0.29, 0.717) is 13.2 Å². The van der Waals surface area contributed by atoms with E-state index in [0.717, 1.165) is 56.6 Å². The first-order chi connectivity index (χ1) is 11.3. The third kappa shape index (κ3) is 3.15. The van der Waals surface area contributed by atoms with Crippen molar-refractivity contribution in [3.63, 3.8) is 0 Å². The highest BCUT2D eigenvalue weighted by atomic mass is 16.6. The number of hydrogen-bond acceptors (Lipinski definition) is 7. The molecule has 1 atom stereocenters. The van der Waals surface area contributed by atoms with E-state index in [1.807, 2.05) is 17.6 Å². The van der Waals surface area contributed by atoms with E-state index < -0.39 is 0 Å². The number of ether oxygens (including phenoxy) is 2. The van der Waals surface area contributed by atoms with Crippen LogP contribution in [0.4, 0.5) is 5.82 Å². The van der Waals surface area contributed by atoms with Crippen molar-refractivity contribution in [2.24, 2.45) is 0 Å². The number of hydrogen-bond donors (Lipinski definition) is 0. The second-order valence-corrected chi connectivity index (χ2v) is 6.05. The Morgan fingerprint density at radius 3 is 2.83 bits per heavy atom. The van der Waals surface area contributed by atoms with Crippen LogP contribution in [0.3, 0.4) is 0 Å². The summed E-state index contributed by atoms with van der Waals surface area (Å²) in [5.41, 5.74) is 0.801. The average molecular weight is 318 g/mol. The van der Waals surface area contributed by atoms with Gasteiger partial charge in [-0.05, 0) is 6.92 Å². The summed E-state index contributed by atoms with van der Waals surface area (Å²) in [6, 6.07) is 0. The maximum atomic E-state index is 5.74. The monoisotopic (exact) mass is 318 g/mol. The van der Waals surface area contributed by atoms with Gasteiger partial charge in [0.15, 0.2) is 11.5 Å². The highest BCUT2D eigenvalue weighted by molar-refractivity contribution is 5.47. The number of aryl methyl sites for hydroxylation is 1. The lowest BCUT2D eigenvalue weighted by molar-refractivity contribution is -0.0977. The molecule has 4 heterocycles. The van der Waals surface area contributed by atoms with Crippen LogP contribution in [0.15, 0.2) is 12.4 Å². The van der Waals surface area contributed by atoms with Gasteiger partial charge in [-0.1, -0.05) is 0 Å². The molecule has 8 heteroatoms. The second-order valence-electron chi connectivity index (χ2n) is 6.05. The molecule has 2 aromatic heterocycles. The summed E-state index contributed by atoms with van der Waals surface area (Å²) in [5.74, 6) is 1.78. The minimum atomic E-state index is 0.207. The topological polar surface area (TPSA) is 68.0 Å². The van der Waals surface area contributed by atoms with Crippen molar-refractivity contribution >= 4 is 11.5 Å². The van der Waals surface area contributed by atoms with Gasteiger partial charge in [0.2, 0.25) is 0 Å². The summed E-state index contributed by atoms with van der Waals surface area (Å²) >= 11 is 0. The van der Waals surface area contributed by atoms with Gasteiger partial charge in [0.05, 0.1) is 38.3 Å². The molecular formula is C15H22N6O2. The molecule has 23 heavy (non-hydrogen) atoms. The molecule has 4 rings (SSSR count). The van der Waals surface area contributed by atoms with E-state index >= 15 is 0 Å². The normalized spacial score (nSPS) is 23.5. The van der Waals surface area contributed by atoms with E-state index in [2.05, 4.69) is 24.9 Å². The van der Waals surface area contributed by atoms with Gasteiger partial charge in [-0.15, -0.1) is 5.10 Å². The number of fused-ring (bicyclic) bond motifs is 1. The maximum absolute atomic E-state index is 5.74. The predicted octanol–water partition coefficient (Wildman–Crippen LogP) is -0.0299. The van der Waals surface area contributed by atoms with Crippen LogP contribution in [-0.4, -0.2) is 83.1 Å². The minimum Gasteiger partial charge on any atom is -0.376 e. The van der Waals surface area contributed by atoms with Crippen LogP contribution in [0.25, 0.3) is 5.65 Å². The zero-order valence-electron chi connectivity index (χ0n) is 13.4. The molecule has 124 valence electrons. The van der Waals surface area contributed by atoms with Crippen molar-refractivity contribution in [1.82, 2.24) is 24.5 Å². The molecule has 2 saturated heterocycles. The largest absolute Gasteiger partial charge is 0.376 e. The molecule has 0 bridgehead atoms. The van der Waals surface area contributed by atoms with Crippen molar-refractivity contribution in [2.75, 3.05) is 57.4 Å². The van der Waals surface area contributed by atoms with Gasteiger partial charge in [-0.25, -0.2) is 4.98 Å². The fraction of sp³-hybridized carbons (Fsp3) is 0.667. The average Bonchev–Trinajstić information content (AvgIpc) is 2.97. The minimum absolute atomic E-state index is 0.207. The van der Waals surface area contributed by atoms with Crippen LogP contribution < -0.4 is 4.90 Å². The number of piperazine rings is 1. The standard InChI is InChI=1S/C15H22N6O2/c1-12-17-14-8-16-9-15(21(14)18-12)20-4-2-19(3-5-20)10-13-11-22-6-7-23-13/h8-9,13H,2-7,10-11H2,1H3/t13-/m0/s1. The summed E-state index contributed by atoms with van der Waals surface area (Å²) in [7, 11) is 0. The molecule has 0 radical (unpaired) electrons. The summed E-state index contributed by atoms with van der Waals surface area (Å²) < 4.78 is 13.1. The van der Waals surface area contributed by atoms with Crippen molar-refractivity contribution < 1.29 is 9.47 Å². The van der Waals surface area contributed by atoms with Crippen LogP contribution in [0.5, 0.6) is 0 Å². The fourth-order valence-corrected chi connectivity index (χ4v) is 3.21. The van der Waals surface area contributed by atoms with Gasteiger partial charge in [-0.2, -0.15) is 4.52 Å². The Bertz CT molecular complexity index is 661. The number of anilines is 1. The van der Waals surface area contributed by atoms with Crippen LogP contribution >= 0.6 is 0 Å². The highest BCUT2D eigenvalue weighted by Crippen LogP contribution is 2.17. The molecule has 2 fully saturated rings. The SMILES string of the molecule is Cc1nc2cncc(N3CCN(C[C@H]4COCCO4)CC3)n2n1. The van der Waals surface area contributed by atoms with Gasteiger partial charge in [-0.3, -0.25) is 9.88 Å². The lowest BCUT2D eigenvalue weighted by atomic mass is 10.2. The van der Waals surface area contributed by atoms with Gasteiger partial charge in [0.25, 0.3) is 0 Å². The van der Waals surface area contributed by atoms with Gasteiger partial charge < -0.3 is 14.4 Å². The first-order valence-corrected chi connectivity index (χ1v) is 8.13. The van der Waals surface area contributed by atoms with E-state index in [1.165, 1.54) is 0 Å². The van der Waals surface area contributed by atoms with E-state index in [1.54, 1.807) is 6.20 Å². The van der Waals surface area contributed by atoms with Crippen molar-refractivity contribution in [3.05, 3.63) is 18.2 Å². The molecule has 2 aromatic rings. The Morgan fingerprint density at radius 2 is 2.04 bits per heavy atom. The quantitative estimate of drug-likeness (QED) is 0.787. The fourth-order valence-electron chi connectivity index (χ4n) is 3.21. The summed E-state index contributed by atoms with van der Waals surface area (Å²) in [6.07, 6.45) is 3.83.